The van der Waals surface area contributed by atoms with Crippen LogP contribution < -0.4 is 5.32 Å². The summed E-state index contributed by atoms with van der Waals surface area (Å²) >= 11 is 6.91. The lowest BCUT2D eigenvalue weighted by Crippen LogP contribution is -2.23. The Morgan fingerprint density at radius 3 is 2.83 bits per heavy atom. The number of rotatable bonds is 6. The zero-order chi connectivity index (χ0) is 17.0. The van der Waals surface area contributed by atoms with Gasteiger partial charge in [-0.15, -0.1) is 5.10 Å². The Hall–Kier alpha value is -1.67. The van der Waals surface area contributed by atoms with Crippen molar-refractivity contribution < 1.29 is 9.18 Å². The van der Waals surface area contributed by atoms with Gasteiger partial charge in [0, 0.05) is 11.6 Å². The summed E-state index contributed by atoms with van der Waals surface area (Å²) < 4.78 is 15.4. The van der Waals surface area contributed by atoms with Gasteiger partial charge in [-0.3, -0.25) is 4.79 Å². The number of carbonyl (C=O) groups is 1. The average Bonchev–Trinajstić information content (AvgIpc) is 2.88. The van der Waals surface area contributed by atoms with Gasteiger partial charge in [-0.2, -0.15) is 0 Å². The minimum atomic E-state index is -0.576. The Morgan fingerprint density at radius 2 is 2.17 bits per heavy atom. The van der Waals surface area contributed by atoms with E-state index in [2.05, 4.69) is 34.7 Å². The fourth-order valence-electron chi connectivity index (χ4n) is 1.78. The van der Waals surface area contributed by atoms with E-state index in [0.717, 1.165) is 6.07 Å². The third-order valence-corrected chi connectivity index (χ3v) is 4.18. The van der Waals surface area contributed by atoms with Gasteiger partial charge < -0.3 is 5.32 Å². The summed E-state index contributed by atoms with van der Waals surface area (Å²) in [5.74, 6) is -0.534. The minimum Gasteiger partial charge on any atom is -0.323 e. The van der Waals surface area contributed by atoms with Crippen molar-refractivity contribution in [2.24, 2.45) is 5.92 Å². The maximum Gasteiger partial charge on any atom is 0.237 e. The Bertz CT molecular complexity index is 694. The molecule has 0 fully saturated rings. The Balaban J connectivity index is 2.01. The van der Waals surface area contributed by atoms with Crippen LogP contribution >= 0.6 is 23.4 Å². The molecule has 124 valence electrons. The highest BCUT2D eigenvalue weighted by molar-refractivity contribution is 8.00. The number of halogens is 2. The average molecular weight is 358 g/mol. The first-order valence-electron chi connectivity index (χ1n) is 7.05. The SMILES string of the molecule is CC(C)Cn1nnnc1SC(C)C(=O)Nc1ccc(Cl)cc1F. The van der Waals surface area contributed by atoms with Crippen molar-refractivity contribution in [2.45, 2.75) is 37.7 Å². The molecule has 2 aromatic rings. The highest BCUT2D eigenvalue weighted by Gasteiger charge is 2.20. The second-order valence-electron chi connectivity index (χ2n) is 5.41. The molecule has 0 aliphatic heterocycles. The predicted molar refractivity (Wildman–Crippen MR) is 88.0 cm³/mol. The minimum absolute atomic E-state index is 0.0913. The first-order chi connectivity index (χ1) is 10.9. The van der Waals surface area contributed by atoms with Crippen molar-refractivity contribution in [1.82, 2.24) is 20.2 Å². The van der Waals surface area contributed by atoms with E-state index in [1.54, 1.807) is 11.6 Å². The molecule has 2 rings (SSSR count). The van der Waals surface area contributed by atoms with Crippen LogP contribution in [-0.2, 0) is 11.3 Å². The van der Waals surface area contributed by atoms with E-state index in [0.29, 0.717) is 17.6 Å². The molecular formula is C14H17ClFN5OS. The van der Waals surface area contributed by atoms with Gasteiger partial charge in [-0.25, -0.2) is 9.07 Å². The number of anilines is 1. The normalized spacial score (nSPS) is 12.4. The van der Waals surface area contributed by atoms with Gasteiger partial charge in [0.2, 0.25) is 11.1 Å². The van der Waals surface area contributed by atoms with Crippen LogP contribution in [0.4, 0.5) is 10.1 Å². The van der Waals surface area contributed by atoms with Crippen LogP contribution in [0.3, 0.4) is 0 Å². The molecule has 0 aliphatic carbocycles. The number of benzene rings is 1. The van der Waals surface area contributed by atoms with Crippen molar-refractivity contribution in [3.63, 3.8) is 0 Å². The first kappa shape index (κ1) is 17.7. The molecule has 1 heterocycles. The zero-order valence-electron chi connectivity index (χ0n) is 13.0. The summed E-state index contributed by atoms with van der Waals surface area (Å²) in [6.07, 6.45) is 0. The predicted octanol–water partition coefficient (Wildman–Crippen LogP) is 3.24. The highest BCUT2D eigenvalue weighted by atomic mass is 35.5. The molecular weight excluding hydrogens is 341 g/mol. The third kappa shape index (κ3) is 4.90. The van der Waals surface area contributed by atoms with Crippen molar-refractivity contribution >= 4 is 35.0 Å². The molecule has 23 heavy (non-hydrogen) atoms. The number of nitrogens with zero attached hydrogens (tertiary/aromatic N) is 4. The molecule has 0 spiro atoms. The molecule has 0 bridgehead atoms. The van der Waals surface area contributed by atoms with Crippen LogP contribution in [0.1, 0.15) is 20.8 Å². The number of thioether (sulfide) groups is 1. The summed E-state index contributed by atoms with van der Waals surface area (Å²) in [5.41, 5.74) is 0.0913. The number of tetrazole rings is 1. The van der Waals surface area contributed by atoms with Gasteiger partial charge >= 0.3 is 0 Å². The van der Waals surface area contributed by atoms with Crippen LogP contribution in [0.25, 0.3) is 0 Å². The lowest BCUT2D eigenvalue weighted by molar-refractivity contribution is -0.115. The number of carbonyl (C=O) groups excluding carboxylic acids is 1. The fourth-order valence-corrected chi connectivity index (χ4v) is 2.74. The lowest BCUT2D eigenvalue weighted by Gasteiger charge is -2.13. The molecule has 0 radical (unpaired) electrons. The van der Waals surface area contributed by atoms with Crippen molar-refractivity contribution in [1.29, 1.82) is 0 Å². The molecule has 1 atom stereocenters. The maximum absolute atomic E-state index is 13.7. The number of nitrogens with one attached hydrogen (secondary N) is 1. The van der Waals surface area contributed by atoms with Gasteiger partial charge in [-0.05, 0) is 41.5 Å². The molecule has 0 saturated carbocycles. The van der Waals surface area contributed by atoms with Crippen molar-refractivity contribution in [3.8, 4) is 0 Å². The van der Waals surface area contributed by atoms with Gasteiger partial charge in [0.15, 0.2) is 0 Å². The van der Waals surface area contributed by atoms with Crippen molar-refractivity contribution in [2.75, 3.05) is 5.32 Å². The molecule has 6 nitrogen and oxygen atoms in total. The molecule has 9 heteroatoms. The van der Waals surface area contributed by atoms with E-state index in [9.17, 15) is 9.18 Å². The molecule has 0 saturated heterocycles. The third-order valence-electron chi connectivity index (χ3n) is 2.88. The van der Waals surface area contributed by atoms with Gasteiger partial charge in [0.25, 0.3) is 0 Å². The number of amides is 1. The Labute approximate surface area is 142 Å². The van der Waals surface area contributed by atoms with E-state index < -0.39 is 11.1 Å². The van der Waals surface area contributed by atoms with Crippen molar-refractivity contribution in [3.05, 3.63) is 29.0 Å². The number of hydrogen-bond acceptors (Lipinski definition) is 5. The number of hydrogen-bond donors (Lipinski definition) is 1. The molecule has 1 aromatic carbocycles. The van der Waals surface area contributed by atoms with E-state index in [4.69, 9.17) is 11.6 Å². The Kier molecular flexibility index (Phi) is 5.95. The first-order valence-corrected chi connectivity index (χ1v) is 8.31. The quantitative estimate of drug-likeness (QED) is 0.803. The van der Waals surface area contributed by atoms with E-state index in [-0.39, 0.29) is 16.6 Å². The van der Waals surface area contributed by atoms with E-state index in [1.165, 1.54) is 23.9 Å². The van der Waals surface area contributed by atoms with Crippen LogP contribution in [0.5, 0.6) is 0 Å². The fraction of sp³-hybridized carbons (Fsp3) is 0.429. The summed E-state index contributed by atoms with van der Waals surface area (Å²) in [6, 6.07) is 4.09. The topological polar surface area (TPSA) is 72.7 Å². The highest BCUT2D eigenvalue weighted by Crippen LogP contribution is 2.24. The maximum atomic E-state index is 13.7. The van der Waals surface area contributed by atoms with Crippen LogP contribution in [0, 0.1) is 11.7 Å². The Morgan fingerprint density at radius 1 is 1.43 bits per heavy atom. The molecule has 1 unspecified atom stereocenters. The zero-order valence-corrected chi connectivity index (χ0v) is 14.5. The standard InChI is InChI=1S/C14H17ClFN5OS/c1-8(2)7-21-14(18-19-20-21)23-9(3)13(22)17-12-5-4-10(15)6-11(12)16/h4-6,8-9H,7H2,1-3H3,(H,17,22). The van der Waals surface area contributed by atoms with Gasteiger partial charge in [-0.1, -0.05) is 37.2 Å². The summed E-state index contributed by atoms with van der Waals surface area (Å²) in [5, 5.41) is 14.3. The van der Waals surface area contributed by atoms with Gasteiger partial charge in [0.05, 0.1) is 10.9 Å². The summed E-state index contributed by atoms with van der Waals surface area (Å²) in [7, 11) is 0. The molecule has 1 amide bonds. The molecule has 0 aliphatic rings. The van der Waals surface area contributed by atoms with E-state index in [1.807, 2.05) is 0 Å². The smallest absolute Gasteiger partial charge is 0.237 e. The summed E-state index contributed by atoms with van der Waals surface area (Å²) in [6.45, 7) is 6.48. The monoisotopic (exact) mass is 357 g/mol. The van der Waals surface area contributed by atoms with Gasteiger partial charge in [0.1, 0.15) is 5.82 Å². The largest absolute Gasteiger partial charge is 0.323 e. The van der Waals surface area contributed by atoms with E-state index >= 15 is 0 Å². The molecule has 1 N–H and O–H groups in total. The second-order valence-corrected chi connectivity index (χ2v) is 7.16. The van der Waals surface area contributed by atoms with Crippen LogP contribution in [-0.4, -0.2) is 31.4 Å². The number of aromatic nitrogens is 4. The lowest BCUT2D eigenvalue weighted by atomic mass is 10.2. The van der Waals surface area contributed by atoms with Crippen LogP contribution in [0.15, 0.2) is 23.4 Å². The summed E-state index contributed by atoms with van der Waals surface area (Å²) in [4.78, 5) is 12.2. The second kappa shape index (κ2) is 7.74. The van der Waals surface area contributed by atoms with Crippen LogP contribution in [0.2, 0.25) is 5.02 Å². The molecule has 1 aromatic heterocycles.